The molecule has 1 aliphatic carbocycles. The summed E-state index contributed by atoms with van der Waals surface area (Å²) in [6, 6.07) is 13.3. The fourth-order valence-corrected chi connectivity index (χ4v) is 6.08. The molecule has 0 saturated carbocycles. The molecule has 1 atom stereocenters. The molecule has 1 unspecified atom stereocenters. The van der Waals surface area contributed by atoms with Crippen molar-refractivity contribution in [1.29, 1.82) is 0 Å². The minimum absolute atomic E-state index is 0.160. The average Bonchev–Trinajstić information content (AvgIpc) is 3.28. The van der Waals surface area contributed by atoms with Crippen LogP contribution in [0.2, 0.25) is 0 Å². The number of carbonyl (C=O) groups excluding carboxylic acids is 1. The zero-order valence-electron chi connectivity index (χ0n) is 21.1. The third-order valence-electron chi connectivity index (χ3n) is 6.49. The van der Waals surface area contributed by atoms with Gasteiger partial charge in [0, 0.05) is 9.35 Å². The van der Waals surface area contributed by atoms with Gasteiger partial charge in [-0.15, -0.1) is 11.3 Å². The maximum atomic E-state index is 13.1. The Kier molecular flexibility index (Phi) is 7.90. The fourth-order valence-electron chi connectivity index (χ4n) is 4.47. The molecule has 0 bridgehead atoms. The first-order chi connectivity index (χ1) is 18.4. The summed E-state index contributed by atoms with van der Waals surface area (Å²) in [7, 11) is 1.57. The van der Waals surface area contributed by atoms with Crippen LogP contribution in [0.1, 0.15) is 34.9 Å². The Morgan fingerprint density at radius 3 is 2.87 bits per heavy atom. The smallest absolute Gasteiger partial charge is 0.262 e. The number of nitrogens with zero attached hydrogens (tertiary/aromatic N) is 3. The van der Waals surface area contributed by atoms with Gasteiger partial charge in [0.2, 0.25) is 0 Å². The van der Waals surface area contributed by atoms with Gasteiger partial charge in [-0.25, -0.2) is 10.4 Å². The number of rotatable bonds is 8. The monoisotopic (exact) mass is 594 g/mol. The van der Waals surface area contributed by atoms with Crippen molar-refractivity contribution in [2.75, 3.05) is 7.11 Å². The lowest BCUT2D eigenvalue weighted by Gasteiger charge is -2.17. The van der Waals surface area contributed by atoms with Crippen molar-refractivity contribution in [1.82, 2.24) is 15.0 Å². The largest absolute Gasteiger partial charge is 0.493 e. The van der Waals surface area contributed by atoms with Gasteiger partial charge in [0.25, 0.3) is 11.5 Å². The highest BCUT2D eigenvalue weighted by Gasteiger charge is 2.23. The highest BCUT2D eigenvalue weighted by atomic mass is 79.9. The van der Waals surface area contributed by atoms with Gasteiger partial charge in [-0.2, -0.15) is 5.10 Å². The molecule has 1 amide bonds. The van der Waals surface area contributed by atoms with Gasteiger partial charge < -0.3 is 9.47 Å². The van der Waals surface area contributed by atoms with E-state index in [0.29, 0.717) is 29.4 Å². The summed E-state index contributed by atoms with van der Waals surface area (Å²) < 4.78 is 13.7. The van der Waals surface area contributed by atoms with E-state index >= 15 is 0 Å². The molecule has 0 spiro atoms. The molecule has 0 aliphatic heterocycles. The molecule has 4 aromatic rings. The number of carbonyl (C=O) groups is 1. The molecule has 2 heterocycles. The summed E-state index contributed by atoms with van der Waals surface area (Å²) in [6.07, 6.45) is 5.88. The fraction of sp³-hybridized carbons (Fsp3) is 0.286. The number of amides is 1. The number of fused-ring (bicyclic) bond motifs is 3. The second-order valence-corrected chi connectivity index (χ2v) is 11.3. The van der Waals surface area contributed by atoms with Crippen LogP contribution in [-0.2, 0) is 30.8 Å². The first-order valence-electron chi connectivity index (χ1n) is 12.3. The number of benzene rings is 2. The zero-order valence-corrected chi connectivity index (χ0v) is 23.5. The van der Waals surface area contributed by atoms with Crippen molar-refractivity contribution < 1.29 is 14.3 Å². The van der Waals surface area contributed by atoms with Crippen LogP contribution < -0.4 is 20.5 Å². The first kappa shape index (κ1) is 26.1. The summed E-state index contributed by atoms with van der Waals surface area (Å²) in [4.78, 5) is 32.1. The van der Waals surface area contributed by atoms with E-state index in [4.69, 9.17) is 9.47 Å². The topological polar surface area (TPSA) is 94.8 Å². The van der Waals surface area contributed by atoms with E-state index in [1.807, 2.05) is 30.3 Å². The third kappa shape index (κ3) is 5.81. The molecule has 2 aromatic heterocycles. The highest BCUT2D eigenvalue weighted by molar-refractivity contribution is 9.10. The zero-order chi connectivity index (χ0) is 26.6. The average molecular weight is 596 g/mol. The number of aromatic nitrogens is 2. The highest BCUT2D eigenvalue weighted by Crippen LogP contribution is 2.35. The van der Waals surface area contributed by atoms with Crippen LogP contribution in [0.25, 0.3) is 10.2 Å². The summed E-state index contributed by atoms with van der Waals surface area (Å²) in [5, 5.41) is 4.70. The number of aryl methyl sites for hydroxylation is 1. The Labute approximate surface area is 232 Å². The maximum Gasteiger partial charge on any atom is 0.262 e. The lowest BCUT2D eigenvalue weighted by atomic mass is 9.89. The third-order valence-corrected chi connectivity index (χ3v) is 8.19. The molecule has 8 nitrogen and oxygen atoms in total. The molecule has 1 N–H and O–H groups in total. The van der Waals surface area contributed by atoms with Crippen LogP contribution in [0.3, 0.4) is 0 Å². The molecule has 0 fully saturated rings. The van der Waals surface area contributed by atoms with Gasteiger partial charge >= 0.3 is 0 Å². The number of ether oxygens (including phenoxy) is 2. The summed E-state index contributed by atoms with van der Waals surface area (Å²) in [5.74, 6) is 1.35. The van der Waals surface area contributed by atoms with Crippen molar-refractivity contribution in [3.8, 4) is 11.5 Å². The summed E-state index contributed by atoms with van der Waals surface area (Å²) in [6.45, 7) is 2.47. The van der Waals surface area contributed by atoms with E-state index in [1.165, 1.54) is 22.0 Å². The van der Waals surface area contributed by atoms with E-state index in [0.717, 1.165) is 45.3 Å². The Bertz CT molecular complexity index is 1560. The minimum atomic E-state index is -0.413. The molecule has 1 aliphatic rings. The van der Waals surface area contributed by atoms with Gasteiger partial charge in [-0.1, -0.05) is 35.0 Å². The number of methoxy groups -OCH3 is 1. The van der Waals surface area contributed by atoms with Gasteiger partial charge in [0.15, 0.2) is 11.5 Å². The predicted molar refractivity (Wildman–Crippen MR) is 152 cm³/mol. The van der Waals surface area contributed by atoms with Crippen molar-refractivity contribution in [2.45, 2.75) is 39.3 Å². The second-order valence-electron chi connectivity index (χ2n) is 9.33. The van der Waals surface area contributed by atoms with Crippen LogP contribution in [0.15, 0.2) is 63.2 Å². The summed E-state index contributed by atoms with van der Waals surface area (Å²) in [5.41, 5.74) is 5.17. The SMILES string of the molecule is COc1cc(/C=N/NC(=O)Cn2cnc3sc4c(c3c2=O)CCC(C)C4)ccc1OCc1ccc(Br)cc1. The van der Waals surface area contributed by atoms with E-state index in [-0.39, 0.29) is 12.1 Å². The van der Waals surface area contributed by atoms with Gasteiger partial charge in [0.05, 0.1) is 25.0 Å². The van der Waals surface area contributed by atoms with Gasteiger partial charge in [-0.3, -0.25) is 14.2 Å². The minimum Gasteiger partial charge on any atom is -0.493 e. The van der Waals surface area contributed by atoms with Crippen LogP contribution >= 0.6 is 27.3 Å². The van der Waals surface area contributed by atoms with Gasteiger partial charge in [0.1, 0.15) is 18.0 Å². The van der Waals surface area contributed by atoms with Crippen molar-refractivity contribution in [3.63, 3.8) is 0 Å². The van der Waals surface area contributed by atoms with Gasteiger partial charge in [-0.05, 0) is 72.2 Å². The summed E-state index contributed by atoms with van der Waals surface area (Å²) >= 11 is 5.02. The Morgan fingerprint density at radius 2 is 2.08 bits per heavy atom. The Balaban J connectivity index is 1.21. The van der Waals surface area contributed by atoms with Crippen LogP contribution in [0.5, 0.6) is 11.5 Å². The standard InChI is InChI=1S/C28H27BrN4O4S/c1-17-3-9-21-24(11-17)38-27-26(21)28(35)33(16-30-27)14-25(34)32-31-13-19-6-10-22(23(12-19)36-2)37-15-18-4-7-20(29)8-5-18/h4-8,10,12-13,16-17H,3,9,11,14-15H2,1-2H3,(H,32,34)/b31-13+. The molecule has 0 radical (unpaired) electrons. The maximum absolute atomic E-state index is 13.1. The van der Waals surface area contributed by atoms with Crippen LogP contribution in [0.4, 0.5) is 0 Å². The Morgan fingerprint density at radius 1 is 1.26 bits per heavy atom. The quantitative estimate of drug-likeness (QED) is 0.227. The van der Waals surface area contributed by atoms with Crippen molar-refractivity contribution in [2.24, 2.45) is 11.0 Å². The normalized spacial score (nSPS) is 15.0. The molecule has 2 aromatic carbocycles. The molecular formula is C28H27BrN4O4S. The predicted octanol–water partition coefficient (Wildman–Crippen LogP) is 5.08. The second kappa shape index (κ2) is 11.5. The number of hydrogen-bond donors (Lipinski definition) is 1. The number of nitrogens with one attached hydrogen (secondary N) is 1. The van der Waals surface area contributed by atoms with Crippen molar-refractivity contribution >= 4 is 49.6 Å². The number of hydrazone groups is 1. The number of thiophene rings is 1. The van der Waals surface area contributed by atoms with E-state index < -0.39 is 5.91 Å². The molecule has 5 rings (SSSR count). The number of hydrogen-bond acceptors (Lipinski definition) is 7. The Hall–Kier alpha value is -3.50. The molecule has 10 heteroatoms. The van der Waals surface area contributed by atoms with Crippen molar-refractivity contribution in [3.05, 3.63) is 85.2 Å². The molecule has 196 valence electrons. The lowest BCUT2D eigenvalue weighted by molar-refractivity contribution is -0.121. The molecule has 0 saturated heterocycles. The molecular weight excluding hydrogens is 568 g/mol. The van der Waals surface area contributed by atoms with E-state index in [9.17, 15) is 9.59 Å². The lowest BCUT2D eigenvalue weighted by Crippen LogP contribution is -2.30. The van der Waals surface area contributed by atoms with Crippen LogP contribution in [-0.4, -0.2) is 28.8 Å². The van der Waals surface area contributed by atoms with E-state index in [2.05, 4.69) is 38.4 Å². The first-order valence-corrected chi connectivity index (χ1v) is 13.9. The molecule has 38 heavy (non-hydrogen) atoms. The van der Waals surface area contributed by atoms with E-state index in [1.54, 1.807) is 30.6 Å². The number of halogens is 1. The van der Waals surface area contributed by atoms with Crippen LogP contribution in [0, 0.1) is 5.92 Å².